The fraction of sp³-hybridized carbons (Fsp3) is 1.00. The van der Waals surface area contributed by atoms with Crippen LogP contribution in [0.3, 0.4) is 0 Å². The van der Waals surface area contributed by atoms with E-state index in [9.17, 15) is 0 Å². The van der Waals surface area contributed by atoms with E-state index in [1.807, 2.05) is 5.01 Å². The molecule has 0 aliphatic rings. The Bertz CT molecular complexity index is 184. The van der Waals surface area contributed by atoms with Gasteiger partial charge in [-0.2, -0.15) is 0 Å². The summed E-state index contributed by atoms with van der Waals surface area (Å²) in [6.07, 6.45) is 13.9. The van der Waals surface area contributed by atoms with Crippen LogP contribution in [0.5, 0.6) is 0 Å². The first kappa shape index (κ1) is 18.9. The molecular weight excluding hydrogens is 232 g/mol. The van der Waals surface area contributed by atoms with E-state index in [4.69, 9.17) is 5.84 Å². The standard InChI is InChI=1S/C17H38N2/c1-5-6-7-8-9-10-11-12-13-14-15-19(18)16-17(2,3)4/h5-16,18H2,1-4H3. The van der Waals surface area contributed by atoms with Crippen molar-refractivity contribution >= 4 is 0 Å². The largest absolute Gasteiger partial charge is 0.269 e. The molecule has 0 amide bonds. The van der Waals surface area contributed by atoms with Gasteiger partial charge in [-0.3, -0.25) is 5.84 Å². The van der Waals surface area contributed by atoms with Crippen LogP contribution < -0.4 is 5.84 Å². The third-order valence-corrected chi connectivity index (χ3v) is 3.48. The lowest BCUT2D eigenvalue weighted by molar-refractivity contribution is 0.191. The molecule has 0 fully saturated rings. The van der Waals surface area contributed by atoms with Crippen molar-refractivity contribution in [2.24, 2.45) is 11.3 Å². The topological polar surface area (TPSA) is 29.3 Å². The summed E-state index contributed by atoms with van der Waals surface area (Å²) in [7, 11) is 0. The molecule has 0 spiro atoms. The highest BCUT2D eigenvalue weighted by Crippen LogP contribution is 2.14. The van der Waals surface area contributed by atoms with Gasteiger partial charge in [-0.15, -0.1) is 0 Å². The smallest absolute Gasteiger partial charge is 0.0177 e. The highest BCUT2D eigenvalue weighted by Gasteiger charge is 2.13. The van der Waals surface area contributed by atoms with Crippen LogP contribution in [0.25, 0.3) is 0 Å². The molecule has 2 N–H and O–H groups in total. The van der Waals surface area contributed by atoms with Crippen LogP contribution in [0, 0.1) is 5.41 Å². The van der Waals surface area contributed by atoms with Gasteiger partial charge in [0.1, 0.15) is 0 Å². The minimum Gasteiger partial charge on any atom is -0.269 e. The van der Waals surface area contributed by atoms with Crippen molar-refractivity contribution in [3.05, 3.63) is 0 Å². The lowest BCUT2D eigenvalue weighted by atomic mass is 9.96. The van der Waals surface area contributed by atoms with Crippen molar-refractivity contribution in [2.75, 3.05) is 13.1 Å². The summed E-state index contributed by atoms with van der Waals surface area (Å²) in [6.45, 7) is 11.0. The van der Waals surface area contributed by atoms with E-state index in [2.05, 4.69) is 27.7 Å². The zero-order chi connectivity index (χ0) is 14.6. The summed E-state index contributed by atoms with van der Waals surface area (Å²) in [5.74, 6) is 6.00. The summed E-state index contributed by atoms with van der Waals surface area (Å²) in [6, 6.07) is 0. The van der Waals surface area contributed by atoms with Crippen LogP contribution in [0.1, 0.15) is 91.9 Å². The number of unbranched alkanes of at least 4 members (excludes halogenated alkanes) is 9. The number of hydrogen-bond donors (Lipinski definition) is 1. The molecule has 0 unspecified atom stereocenters. The molecule has 0 bridgehead atoms. The van der Waals surface area contributed by atoms with Gasteiger partial charge in [0.2, 0.25) is 0 Å². The molecule has 0 aliphatic heterocycles. The first-order valence-corrected chi connectivity index (χ1v) is 8.45. The summed E-state index contributed by atoms with van der Waals surface area (Å²) in [4.78, 5) is 0. The molecule has 0 heterocycles. The Morgan fingerprint density at radius 2 is 1.16 bits per heavy atom. The number of nitrogens with zero attached hydrogens (tertiary/aromatic N) is 1. The lowest BCUT2D eigenvalue weighted by Crippen LogP contribution is -2.38. The van der Waals surface area contributed by atoms with E-state index in [-0.39, 0.29) is 0 Å². The molecule has 116 valence electrons. The summed E-state index contributed by atoms with van der Waals surface area (Å²) in [5, 5.41) is 1.99. The predicted octanol–water partition coefficient (Wildman–Crippen LogP) is 5.13. The average molecular weight is 271 g/mol. The van der Waals surface area contributed by atoms with Gasteiger partial charge in [0.25, 0.3) is 0 Å². The van der Waals surface area contributed by atoms with Crippen LogP contribution >= 0.6 is 0 Å². The lowest BCUT2D eigenvalue weighted by Gasteiger charge is -2.25. The van der Waals surface area contributed by atoms with Crippen molar-refractivity contribution in [2.45, 2.75) is 91.9 Å². The third kappa shape index (κ3) is 15.9. The maximum atomic E-state index is 6.00. The Morgan fingerprint density at radius 1 is 0.737 bits per heavy atom. The van der Waals surface area contributed by atoms with Crippen molar-refractivity contribution in [3.8, 4) is 0 Å². The van der Waals surface area contributed by atoms with Crippen LogP contribution in [-0.2, 0) is 0 Å². The Kier molecular flexibility index (Phi) is 11.7. The first-order chi connectivity index (χ1) is 8.95. The van der Waals surface area contributed by atoms with Crippen molar-refractivity contribution in [3.63, 3.8) is 0 Å². The quantitative estimate of drug-likeness (QED) is 0.303. The molecule has 0 rings (SSSR count). The van der Waals surface area contributed by atoms with Crippen molar-refractivity contribution in [1.82, 2.24) is 5.01 Å². The van der Waals surface area contributed by atoms with E-state index < -0.39 is 0 Å². The highest BCUT2D eigenvalue weighted by atomic mass is 15.4. The van der Waals surface area contributed by atoms with Gasteiger partial charge in [0.15, 0.2) is 0 Å². The van der Waals surface area contributed by atoms with E-state index in [1.165, 1.54) is 64.2 Å². The van der Waals surface area contributed by atoms with Gasteiger partial charge in [-0.05, 0) is 11.8 Å². The summed E-state index contributed by atoms with van der Waals surface area (Å²) in [5.41, 5.74) is 0.313. The summed E-state index contributed by atoms with van der Waals surface area (Å²) >= 11 is 0. The zero-order valence-electron chi connectivity index (χ0n) is 14.0. The molecule has 0 aliphatic carbocycles. The number of rotatable bonds is 12. The van der Waals surface area contributed by atoms with E-state index >= 15 is 0 Å². The van der Waals surface area contributed by atoms with Gasteiger partial charge in [-0.1, -0.05) is 85.5 Å². The monoisotopic (exact) mass is 270 g/mol. The molecule has 0 atom stereocenters. The third-order valence-electron chi connectivity index (χ3n) is 3.48. The van der Waals surface area contributed by atoms with Gasteiger partial charge in [-0.25, -0.2) is 5.01 Å². The van der Waals surface area contributed by atoms with Gasteiger partial charge >= 0.3 is 0 Å². The van der Waals surface area contributed by atoms with E-state index in [0.717, 1.165) is 13.1 Å². The molecule has 0 aromatic heterocycles. The Labute approximate surface area is 122 Å². The van der Waals surface area contributed by atoms with E-state index in [1.54, 1.807) is 0 Å². The summed E-state index contributed by atoms with van der Waals surface area (Å²) < 4.78 is 0. The molecular formula is C17H38N2. The predicted molar refractivity (Wildman–Crippen MR) is 87.1 cm³/mol. The fourth-order valence-electron chi connectivity index (χ4n) is 2.49. The molecule has 19 heavy (non-hydrogen) atoms. The van der Waals surface area contributed by atoms with Crippen LogP contribution in [0.15, 0.2) is 0 Å². The van der Waals surface area contributed by atoms with Crippen molar-refractivity contribution < 1.29 is 0 Å². The van der Waals surface area contributed by atoms with Crippen molar-refractivity contribution in [1.29, 1.82) is 0 Å². The molecule has 0 saturated heterocycles. The zero-order valence-corrected chi connectivity index (χ0v) is 14.0. The second-order valence-corrected chi connectivity index (χ2v) is 7.21. The second kappa shape index (κ2) is 11.7. The molecule has 0 aromatic rings. The van der Waals surface area contributed by atoms with Crippen LogP contribution in [-0.4, -0.2) is 18.1 Å². The molecule has 2 nitrogen and oxygen atoms in total. The maximum absolute atomic E-state index is 6.00. The molecule has 0 radical (unpaired) electrons. The van der Waals surface area contributed by atoms with Gasteiger partial charge < -0.3 is 0 Å². The van der Waals surface area contributed by atoms with Gasteiger partial charge in [0, 0.05) is 13.1 Å². The number of nitrogens with two attached hydrogens (primary N) is 1. The minimum absolute atomic E-state index is 0.313. The fourth-order valence-corrected chi connectivity index (χ4v) is 2.49. The molecule has 0 saturated carbocycles. The normalized spacial score (nSPS) is 12.3. The second-order valence-electron chi connectivity index (χ2n) is 7.21. The molecule has 0 aromatic carbocycles. The SMILES string of the molecule is CCCCCCCCCCCCN(N)CC(C)(C)C. The van der Waals surface area contributed by atoms with E-state index in [0.29, 0.717) is 5.41 Å². The van der Waals surface area contributed by atoms with Crippen LogP contribution in [0.4, 0.5) is 0 Å². The minimum atomic E-state index is 0.313. The maximum Gasteiger partial charge on any atom is 0.0177 e. The Morgan fingerprint density at radius 3 is 1.58 bits per heavy atom. The number of hydrogen-bond acceptors (Lipinski definition) is 2. The Hall–Kier alpha value is -0.0800. The molecule has 2 heteroatoms. The van der Waals surface area contributed by atoms with Gasteiger partial charge in [0.05, 0.1) is 0 Å². The average Bonchev–Trinajstić information content (AvgIpc) is 2.29. The Balaban J connectivity index is 3.18. The highest BCUT2D eigenvalue weighted by molar-refractivity contribution is 4.65. The van der Waals surface area contributed by atoms with Crippen LogP contribution in [0.2, 0.25) is 0 Å². The number of hydrazine groups is 1. The first-order valence-electron chi connectivity index (χ1n) is 8.45.